The number of hydrogen-bond donors (Lipinski definition) is 1. The number of benzene rings is 2. The number of carbonyl (C=O) groups is 1. The van der Waals surface area contributed by atoms with Gasteiger partial charge in [0.25, 0.3) is 0 Å². The maximum atomic E-state index is 14.4. The van der Waals surface area contributed by atoms with Gasteiger partial charge in [0.1, 0.15) is 0 Å². The quantitative estimate of drug-likeness (QED) is 0.192. The van der Waals surface area contributed by atoms with Crippen LogP contribution < -0.4 is 10.6 Å². The number of aryl methyl sites for hydroxylation is 2. The zero-order valence-electron chi connectivity index (χ0n) is 22.0. The first-order valence-electron chi connectivity index (χ1n) is 12.4. The molecule has 3 aromatic rings. The van der Waals surface area contributed by atoms with Gasteiger partial charge in [0.15, 0.2) is 29.1 Å². The fraction of sp³-hybridized carbons (Fsp3) is 0.393. The van der Waals surface area contributed by atoms with Gasteiger partial charge in [0.05, 0.1) is 23.5 Å². The molecule has 1 aliphatic carbocycles. The molecule has 1 aromatic heterocycles. The average molecular weight is 517 g/mol. The molecule has 0 bridgehead atoms. The Morgan fingerprint density at radius 1 is 1.03 bits per heavy atom. The normalized spacial score (nSPS) is 12.0. The molecule has 2 N–H and O–H groups in total. The van der Waals surface area contributed by atoms with Crippen LogP contribution in [0, 0.1) is 36.1 Å². The first-order valence-corrected chi connectivity index (χ1v) is 12.4. The molecule has 4 rings (SSSR count). The van der Waals surface area contributed by atoms with Crippen LogP contribution in [0.3, 0.4) is 0 Å². The van der Waals surface area contributed by atoms with Crippen LogP contribution in [0.2, 0.25) is 0 Å². The second kappa shape index (κ2) is 11.3. The van der Waals surface area contributed by atoms with Crippen LogP contribution >= 0.6 is 0 Å². The number of nitrogen functional groups attached to an aromatic ring is 1. The minimum absolute atomic E-state index is 0.194. The first kappa shape index (κ1) is 28.1. The van der Waals surface area contributed by atoms with Gasteiger partial charge in [-0.15, -0.1) is 0 Å². The summed E-state index contributed by atoms with van der Waals surface area (Å²) in [5.41, 5.74) is 9.66. The summed E-state index contributed by atoms with van der Waals surface area (Å²) in [7, 11) is 1.46. The van der Waals surface area contributed by atoms with Crippen molar-refractivity contribution in [3.63, 3.8) is 0 Å². The molecule has 0 saturated heterocycles. The lowest BCUT2D eigenvalue weighted by atomic mass is 9.91. The van der Waals surface area contributed by atoms with Crippen molar-refractivity contribution in [3.05, 3.63) is 69.5 Å². The maximum Gasteiger partial charge on any atom is 0.232 e. The van der Waals surface area contributed by atoms with Gasteiger partial charge in [0, 0.05) is 23.9 Å². The van der Waals surface area contributed by atoms with Crippen molar-refractivity contribution >= 4 is 17.4 Å². The minimum Gasteiger partial charge on any atom is -0.399 e. The Morgan fingerprint density at radius 2 is 1.68 bits per heavy atom. The highest BCUT2D eigenvalue weighted by Crippen LogP contribution is 2.35. The van der Waals surface area contributed by atoms with Crippen molar-refractivity contribution in [1.29, 1.82) is 0 Å². The Kier molecular flexibility index (Phi) is 8.56. The van der Waals surface area contributed by atoms with E-state index >= 15 is 0 Å². The van der Waals surface area contributed by atoms with Crippen molar-refractivity contribution in [2.24, 2.45) is 5.92 Å². The molecule has 1 heterocycles. The van der Waals surface area contributed by atoms with Crippen LogP contribution in [0.4, 0.5) is 29.1 Å². The van der Waals surface area contributed by atoms with Gasteiger partial charge in [-0.1, -0.05) is 33.8 Å². The highest BCUT2D eigenvalue weighted by atomic mass is 19.2. The Balaban J connectivity index is 0.00000186. The second-order valence-corrected chi connectivity index (χ2v) is 9.29. The Labute approximate surface area is 214 Å². The number of fused-ring (bicyclic) bond motifs is 3. The Bertz CT molecular complexity index is 1310. The molecule has 0 spiro atoms. The van der Waals surface area contributed by atoms with E-state index in [1.54, 1.807) is 6.07 Å². The number of anilines is 2. The molecule has 0 fully saturated rings. The number of nitrogens with two attached hydrogens (primary N) is 1. The lowest BCUT2D eigenvalue weighted by Crippen LogP contribution is -2.32. The molecule has 0 aliphatic heterocycles. The first-order chi connectivity index (χ1) is 17.5. The smallest absolute Gasteiger partial charge is 0.232 e. The third kappa shape index (κ3) is 5.45. The molecule has 37 heavy (non-hydrogen) atoms. The number of nitrogens with zero attached hydrogens (tertiary/aromatic N) is 3. The van der Waals surface area contributed by atoms with Crippen LogP contribution in [-0.2, 0) is 30.5 Å². The van der Waals surface area contributed by atoms with Gasteiger partial charge in [-0.25, -0.2) is 27.5 Å². The maximum absolute atomic E-state index is 14.4. The van der Waals surface area contributed by atoms with E-state index in [0.29, 0.717) is 42.2 Å². The molecular formula is C28H32F4N4O. The highest BCUT2D eigenvalue weighted by molar-refractivity contribution is 5.94. The van der Waals surface area contributed by atoms with Gasteiger partial charge in [-0.2, -0.15) is 0 Å². The average Bonchev–Trinajstić information content (AvgIpc) is 2.88. The van der Waals surface area contributed by atoms with E-state index < -0.39 is 46.7 Å². The van der Waals surface area contributed by atoms with Crippen molar-refractivity contribution in [2.45, 2.75) is 60.3 Å². The van der Waals surface area contributed by atoms with E-state index in [1.165, 1.54) is 11.9 Å². The standard InChI is InChI=1S/C26H26F4N4O.C2H6/c1-12(2)9-19-26(33-18-8-5-14-10-15(31)6-7-16(14)25(18)32-19)34(4)20(35)11-17-13(3)21(27)23(29)24(30)22(17)28;1-2/h6-7,10,12H,5,8-9,11,31H2,1-4H3;1-2H3. The molecule has 0 unspecified atom stereocenters. The predicted molar refractivity (Wildman–Crippen MR) is 137 cm³/mol. The fourth-order valence-corrected chi connectivity index (χ4v) is 4.37. The summed E-state index contributed by atoms with van der Waals surface area (Å²) >= 11 is 0. The van der Waals surface area contributed by atoms with Crippen LogP contribution in [0.1, 0.15) is 55.8 Å². The number of likely N-dealkylation sites (N-methyl/N-ethyl adjacent to an activating group) is 1. The van der Waals surface area contributed by atoms with E-state index in [9.17, 15) is 22.4 Å². The van der Waals surface area contributed by atoms with Gasteiger partial charge in [-0.3, -0.25) is 9.69 Å². The predicted octanol–water partition coefficient (Wildman–Crippen LogP) is 6.12. The second-order valence-electron chi connectivity index (χ2n) is 9.29. The van der Waals surface area contributed by atoms with Crippen LogP contribution in [-0.4, -0.2) is 22.9 Å². The summed E-state index contributed by atoms with van der Waals surface area (Å²) < 4.78 is 55.7. The molecule has 0 saturated carbocycles. The van der Waals surface area contributed by atoms with Crippen molar-refractivity contribution in [2.75, 3.05) is 17.7 Å². The van der Waals surface area contributed by atoms with Gasteiger partial charge < -0.3 is 5.73 Å². The van der Waals surface area contributed by atoms with Gasteiger partial charge in [-0.05, 0) is 55.4 Å². The van der Waals surface area contributed by atoms with E-state index in [2.05, 4.69) is 0 Å². The van der Waals surface area contributed by atoms with Crippen LogP contribution in [0.25, 0.3) is 11.3 Å². The monoisotopic (exact) mass is 516 g/mol. The number of halogens is 4. The molecule has 198 valence electrons. The third-order valence-corrected chi connectivity index (χ3v) is 6.28. The number of aromatic nitrogens is 2. The van der Waals surface area contributed by atoms with Gasteiger partial charge in [0.2, 0.25) is 5.91 Å². The zero-order chi connectivity index (χ0) is 27.6. The van der Waals surface area contributed by atoms with Crippen molar-refractivity contribution < 1.29 is 22.4 Å². The molecule has 0 atom stereocenters. The minimum atomic E-state index is -1.94. The summed E-state index contributed by atoms with van der Waals surface area (Å²) in [5.74, 6) is -7.07. The third-order valence-electron chi connectivity index (χ3n) is 6.28. The molecule has 5 nitrogen and oxygen atoms in total. The largest absolute Gasteiger partial charge is 0.399 e. The topological polar surface area (TPSA) is 72.1 Å². The fourth-order valence-electron chi connectivity index (χ4n) is 4.37. The zero-order valence-corrected chi connectivity index (χ0v) is 22.0. The Hall–Kier alpha value is -3.49. The van der Waals surface area contributed by atoms with Crippen LogP contribution in [0.5, 0.6) is 0 Å². The van der Waals surface area contributed by atoms with E-state index in [1.807, 2.05) is 39.8 Å². The molecule has 1 aliphatic rings. The summed E-state index contributed by atoms with van der Waals surface area (Å²) in [6.07, 6.45) is 1.16. The molecule has 0 radical (unpaired) electrons. The lowest BCUT2D eigenvalue weighted by molar-refractivity contribution is -0.117. The number of carbonyl (C=O) groups excluding carboxylic acids is 1. The Morgan fingerprint density at radius 3 is 2.32 bits per heavy atom. The highest BCUT2D eigenvalue weighted by Gasteiger charge is 2.28. The SMILES string of the molecule is CC.Cc1c(F)c(F)c(F)c(F)c1CC(=O)N(C)c1nc2c(nc1CC(C)C)-c1ccc(N)cc1CC2. The summed E-state index contributed by atoms with van der Waals surface area (Å²) in [6.45, 7) is 9.12. The van der Waals surface area contributed by atoms with Gasteiger partial charge >= 0.3 is 0 Å². The number of rotatable bonds is 5. The molecule has 9 heteroatoms. The lowest BCUT2D eigenvalue weighted by Gasteiger charge is -2.25. The van der Waals surface area contributed by atoms with Crippen molar-refractivity contribution in [3.8, 4) is 11.3 Å². The summed E-state index contributed by atoms with van der Waals surface area (Å²) in [5, 5.41) is 0. The molecule has 2 aromatic carbocycles. The summed E-state index contributed by atoms with van der Waals surface area (Å²) in [6, 6.07) is 5.64. The number of amides is 1. The molecular weight excluding hydrogens is 484 g/mol. The summed E-state index contributed by atoms with van der Waals surface area (Å²) in [4.78, 5) is 24.0. The van der Waals surface area contributed by atoms with Crippen molar-refractivity contribution in [1.82, 2.24) is 9.97 Å². The van der Waals surface area contributed by atoms with E-state index in [0.717, 1.165) is 23.7 Å². The van der Waals surface area contributed by atoms with E-state index in [4.69, 9.17) is 15.7 Å². The van der Waals surface area contributed by atoms with E-state index in [-0.39, 0.29) is 5.92 Å². The molecule has 1 amide bonds. The number of hydrogen-bond acceptors (Lipinski definition) is 4. The van der Waals surface area contributed by atoms with Crippen LogP contribution in [0.15, 0.2) is 18.2 Å².